The van der Waals surface area contributed by atoms with Crippen molar-refractivity contribution in [3.63, 3.8) is 0 Å². The number of benzene rings is 2. The first kappa shape index (κ1) is 16.3. The first-order valence-electron chi connectivity index (χ1n) is 6.89. The molecule has 1 unspecified atom stereocenters. The van der Waals surface area contributed by atoms with E-state index >= 15 is 0 Å². The number of nitro benzene ring substituents is 1. The van der Waals surface area contributed by atoms with Crippen molar-refractivity contribution in [1.29, 1.82) is 0 Å². The van der Waals surface area contributed by atoms with Crippen LogP contribution in [0.1, 0.15) is 11.6 Å². The van der Waals surface area contributed by atoms with E-state index in [1.54, 1.807) is 12.1 Å². The van der Waals surface area contributed by atoms with Crippen LogP contribution in [-0.4, -0.2) is 23.7 Å². The summed E-state index contributed by atoms with van der Waals surface area (Å²) in [6.45, 7) is -0.282. The van der Waals surface area contributed by atoms with E-state index in [0.29, 0.717) is 11.4 Å². The van der Waals surface area contributed by atoms with Crippen LogP contribution in [0.4, 0.5) is 11.4 Å². The van der Waals surface area contributed by atoms with Crippen LogP contribution in [0.15, 0.2) is 48.5 Å². The number of aliphatic hydroxyl groups excluding tert-OH is 1. The van der Waals surface area contributed by atoms with Crippen LogP contribution >= 0.6 is 0 Å². The molecule has 2 rings (SSSR count). The minimum Gasteiger partial charge on any atom is -0.496 e. The van der Waals surface area contributed by atoms with E-state index < -0.39 is 11.0 Å². The van der Waals surface area contributed by atoms with Crippen LogP contribution in [0, 0.1) is 22.0 Å². The summed E-state index contributed by atoms with van der Waals surface area (Å²) in [5.41, 5.74) is 1.08. The van der Waals surface area contributed by atoms with Crippen molar-refractivity contribution in [2.75, 3.05) is 19.0 Å². The molecular weight excluding hydrogens is 296 g/mol. The van der Waals surface area contributed by atoms with Gasteiger partial charge in [0.15, 0.2) is 0 Å². The fourth-order valence-corrected chi connectivity index (χ4v) is 2.06. The van der Waals surface area contributed by atoms with Gasteiger partial charge in [-0.2, -0.15) is 0 Å². The molecule has 118 valence electrons. The maximum absolute atomic E-state index is 11.3. The Bertz CT molecular complexity index is 735. The van der Waals surface area contributed by atoms with E-state index in [2.05, 4.69) is 17.2 Å². The molecule has 6 heteroatoms. The molecule has 2 aromatic rings. The summed E-state index contributed by atoms with van der Waals surface area (Å²) in [4.78, 5) is 10.8. The molecule has 23 heavy (non-hydrogen) atoms. The fraction of sp³-hybridized carbons (Fsp3) is 0.176. The third-order valence-electron chi connectivity index (χ3n) is 3.16. The van der Waals surface area contributed by atoms with Gasteiger partial charge < -0.3 is 15.2 Å². The second-order valence-corrected chi connectivity index (χ2v) is 4.61. The SMILES string of the molecule is COc1ccc(NC(C#CCO)c2ccccc2)c([N+](=O)[O-])c1. The number of nitrogens with one attached hydrogen (secondary N) is 1. The van der Waals surface area contributed by atoms with Crippen LogP contribution < -0.4 is 10.1 Å². The number of methoxy groups -OCH3 is 1. The van der Waals surface area contributed by atoms with Gasteiger partial charge in [0, 0.05) is 0 Å². The van der Waals surface area contributed by atoms with Gasteiger partial charge in [-0.25, -0.2) is 0 Å². The van der Waals surface area contributed by atoms with Crippen molar-refractivity contribution in [1.82, 2.24) is 0 Å². The molecule has 0 fully saturated rings. The summed E-state index contributed by atoms with van der Waals surface area (Å²) in [6, 6.07) is 13.4. The van der Waals surface area contributed by atoms with Crippen LogP contribution in [0.5, 0.6) is 5.75 Å². The average Bonchev–Trinajstić information content (AvgIpc) is 2.59. The molecule has 0 aliphatic heterocycles. The number of ether oxygens (including phenoxy) is 1. The molecule has 2 aromatic carbocycles. The van der Waals surface area contributed by atoms with Gasteiger partial charge in [-0.3, -0.25) is 10.1 Å². The summed E-state index contributed by atoms with van der Waals surface area (Å²) in [5.74, 6) is 5.85. The van der Waals surface area contributed by atoms with E-state index in [0.717, 1.165) is 5.56 Å². The summed E-state index contributed by atoms with van der Waals surface area (Å²) < 4.78 is 5.02. The quantitative estimate of drug-likeness (QED) is 0.504. The predicted octanol–water partition coefficient (Wildman–Crippen LogP) is 2.75. The lowest BCUT2D eigenvalue weighted by Crippen LogP contribution is -2.10. The molecule has 0 amide bonds. The Morgan fingerprint density at radius 1 is 1.30 bits per heavy atom. The molecule has 0 spiro atoms. The number of nitro groups is 1. The maximum atomic E-state index is 11.3. The number of anilines is 1. The normalized spacial score (nSPS) is 11.0. The minimum atomic E-state index is -0.480. The van der Waals surface area contributed by atoms with Gasteiger partial charge in [-0.05, 0) is 17.7 Å². The molecule has 0 aliphatic carbocycles. The Kier molecular flexibility index (Phi) is 5.56. The third-order valence-corrected chi connectivity index (χ3v) is 3.16. The zero-order valence-corrected chi connectivity index (χ0v) is 12.5. The van der Waals surface area contributed by atoms with E-state index in [4.69, 9.17) is 9.84 Å². The lowest BCUT2D eigenvalue weighted by molar-refractivity contribution is -0.384. The van der Waals surface area contributed by atoms with Crippen LogP contribution in [0.3, 0.4) is 0 Å². The van der Waals surface area contributed by atoms with E-state index in [9.17, 15) is 10.1 Å². The van der Waals surface area contributed by atoms with Gasteiger partial charge in [0.2, 0.25) is 0 Å². The van der Waals surface area contributed by atoms with Gasteiger partial charge in [0.1, 0.15) is 24.1 Å². The highest BCUT2D eigenvalue weighted by atomic mass is 16.6. The van der Waals surface area contributed by atoms with Gasteiger partial charge in [0.25, 0.3) is 5.69 Å². The van der Waals surface area contributed by atoms with E-state index in [-0.39, 0.29) is 12.3 Å². The van der Waals surface area contributed by atoms with Crippen molar-refractivity contribution in [3.05, 3.63) is 64.2 Å². The zero-order chi connectivity index (χ0) is 16.7. The highest BCUT2D eigenvalue weighted by molar-refractivity contribution is 5.65. The van der Waals surface area contributed by atoms with Crippen molar-refractivity contribution >= 4 is 11.4 Å². The molecule has 2 N–H and O–H groups in total. The van der Waals surface area contributed by atoms with Gasteiger partial charge in [-0.1, -0.05) is 42.2 Å². The van der Waals surface area contributed by atoms with Crippen LogP contribution in [0.2, 0.25) is 0 Å². The minimum absolute atomic E-state index is 0.101. The largest absolute Gasteiger partial charge is 0.496 e. The summed E-state index contributed by atoms with van der Waals surface area (Å²) >= 11 is 0. The molecule has 0 aromatic heterocycles. The molecule has 6 nitrogen and oxygen atoms in total. The number of nitrogens with zero attached hydrogens (tertiary/aromatic N) is 1. The lowest BCUT2D eigenvalue weighted by Gasteiger charge is -2.15. The maximum Gasteiger partial charge on any atom is 0.296 e. The lowest BCUT2D eigenvalue weighted by atomic mass is 10.1. The predicted molar refractivity (Wildman–Crippen MR) is 87.3 cm³/mol. The molecule has 0 saturated carbocycles. The van der Waals surface area contributed by atoms with E-state index in [1.807, 2.05) is 30.3 Å². The van der Waals surface area contributed by atoms with Crippen molar-refractivity contribution in [3.8, 4) is 17.6 Å². The average molecular weight is 312 g/mol. The molecule has 0 radical (unpaired) electrons. The molecule has 0 bridgehead atoms. The van der Waals surface area contributed by atoms with Crippen molar-refractivity contribution < 1.29 is 14.8 Å². The highest BCUT2D eigenvalue weighted by Gasteiger charge is 2.18. The molecule has 0 saturated heterocycles. The van der Waals surface area contributed by atoms with Crippen molar-refractivity contribution in [2.24, 2.45) is 0 Å². The van der Waals surface area contributed by atoms with Gasteiger partial charge >= 0.3 is 0 Å². The number of hydrogen-bond donors (Lipinski definition) is 2. The number of aliphatic hydroxyl groups is 1. The number of hydrogen-bond acceptors (Lipinski definition) is 5. The molecule has 1 atom stereocenters. The van der Waals surface area contributed by atoms with E-state index in [1.165, 1.54) is 13.2 Å². The monoisotopic (exact) mass is 312 g/mol. The second-order valence-electron chi connectivity index (χ2n) is 4.61. The molecule has 0 heterocycles. The first-order chi connectivity index (χ1) is 11.2. The smallest absolute Gasteiger partial charge is 0.296 e. The topological polar surface area (TPSA) is 84.6 Å². The van der Waals surface area contributed by atoms with Crippen LogP contribution in [0.25, 0.3) is 0 Å². The first-order valence-corrected chi connectivity index (χ1v) is 6.89. The molecular formula is C17H16N2O4. The van der Waals surface area contributed by atoms with Crippen LogP contribution in [-0.2, 0) is 0 Å². The summed E-state index contributed by atoms with van der Waals surface area (Å²) in [6.07, 6.45) is 0. The third kappa shape index (κ3) is 4.22. The Balaban J connectivity index is 2.38. The molecule has 0 aliphatic rings. The number of rotatable bonds is 5. The fourth-order valence-electron chi connectivity index (χ4n) is 2.06. The zero-order valence-electron chi connectivity index (χ0n) is 12.5. The summed E-state index contributed by atoms with van der Waals surface area (Å²) in [5, 5.41) is 23.2. The Morgan fingerprint density at radius 3 is 2.65 bits per heavy atom. The second kappa shape index (κ2) is 7.82. The van der Waals surface area contributed by atoms with Gasteiger partial charge in [-0.15, -0.1) is 0 Å². The van der Waals surface area contributed by atoms with Gasteiger partial charge in [0.05, 0.1) is 18.1 Å². The van der Waals surface area contributed by atoms with Crippen molar-refractivity contribution in [2.45, 2.75) is 6.04 Å². The standard InChI is InChI=1S/C17H16N2O4/c1-23-14-9-10-16(17(12-14)19(21)22)18-15(8-5-11-20)13-6-3-2-4-7-13/h2-4,6-7,9-10,12,15,18,20H,11H2,1H3. The Labute approximate surface area is 133 Å². The summed E-state index contributed by atoms with van der Waals surface area (Å²) in [7, 11) is 1.45. The highest BCUT2D eigenvalue weighted by Crippen LogP contribution is 2.31. The Hall–Kier alpha value is -3.04. The Morgan fingerprint density at radius 2 is 2.04 bits per heavy atom.